The number of likely N-dealkylation sites (tertiary alicyclic amines) is 1. The fourth-order valence-electron chi connectivity index (χ4n) is 3.76. The van der Waals surface area contributed by atoms with Crippen molar-refractivity contribution in [2.24, 2.45) is 0 Å². The molecule has 0 unspecified atom stereocenters. The molecule has 128 valence electrons. The highest BCUT2D eigenvalue weighted by Crippen LogP contribution is 2.22. The highest BCUT2D eigenvalue weighted by Gasteiger charge is 2.38. The minimum absolute atomic E-state index is 0.0508. The van der Waals surface area contributed by atoms with Gasteiger partial charge in [0.1, 0.15) is 6.33 Å². The molecule has 2 aliphatic heterocycles. The largest absolute Gasteiger partial charge is 0.353 e. The van der Waals surface area contributed by atoms with Crippen LogP contribution in [0, 0.1) is 0 Å². The Morgan fingerprint density at radius 1 is 1.12 bits per heavy atom. The Morgan fingerprint density at radius 3 is 2.62 bits per heavy atom. The van der Waals surface area contributed by atoms with Crippen LogP contribution in [-0.4, -0.2) is 80.1 Å². The zero-order valence-electron chi connectivity index (χ0n) is 14.2. The van der Waals surface area contributed by atoms with E-state index in [0.29, 0.717) is 11.9 Å². The molecule has 0 N–H and O–H groups in total. The van der Waals surface area contributed by atoms with E-state index in [1.165, 1.54) is 0 Å². The number of anilines is 1. The number of hydrogen-bond donors (Lipinski definition) is 0. The maximum absolute atomic E-state index is 12.6. The summed E-state index contributed by atoms with van der Waals surface area (Å²) in [6.07, 6.45) is 6.04. The van der Waals surface area contributed by atoms with Gasteiger partial charge in [-0.25, -0.2) is 4.98 Å². The number of nitrogens with zero attached hydrogens (tertiary/aromatic N) is 7. The van der Waals surface area contributed by atoms with E-state index in [1.807, 2.05) is 15.6 Å². The van der Waals surface area contributed by atoms with Crippen molar-refractivity contribution in [3.63, 3.8) is 0 Å². The molecule has 0 saturated carbocycles. The lowest BCUT2D eigenvalue weighted by atomic mass is 10.2. The molecule has 1 atom stereocenters. The summed E-state index contributed by atoms with van der Waals surface area (Å²) in [7, 11) is 0. The number of rotatable bonds is 3. The average molecular weight is 329 g/mol. The van der Waals surface area contributed by atoms with Crippen molar-refractivity contribution in [2.75, 3.05) is 37.6 Å². The van der Waals surface area contributed by atoms with E-state index in [4.69, 9.17) is 0 Å². The molecule has 0 radical (unpaired) electrons. The van der Waals surface area contributed by atoms with Crippen molar-refractivity contribution < 1.29 is 4.79 Å². The zero-order chi connectivity index (χ0) is 16.7. The van der Waals surface area contributed by atoms with Crippen LogP contribution in [0.15, 0.2) is 18.7 Å². The molecule has 2 saturated heterocycles. The lowest BCUT2D eigenvalue weighted by Crippen LogP contribution is -2.53. The van der Waals surface area contributed by atoms with E-state index in [-0.39, 0.29) is 6.04 Å². The predicted octanol–water partition coefficient (Wildman–Crippen LogP) is 0.256. The first-order valence-electron chi connectivity index (χ1n) is 8.58. The monoisotopic (exact) mass is 329 g/mol. The van der Waals surface area contributed by atoms with E-state index < -0.39 is 0 Å². The Hall–Kier alpha value is -2.22. The Bertz CT molecular complexity index is 735. The Kier molecular flexibility index (Phi) is 3.84. The van der Waals surface area contributed by atoms with E-state index >= 15 is 0 Å². The van der Waals surface area contributed by atoms with Crippen molar-refractivity contribution in [2.45, 2.75) is 32.4 Å². The van der Waals surface area contributed by atoms with Gasteiger partial charge in [0.2, 0.25) is 5.91 Å². The minimum Gasteiger partial charge on any atom is -0.353 e. The third-order valence-electron chi connectivity index (χ3n) is 5.09. The van der Waals surface area contributed by atoms with Gasteiger partial charge in [-0.15, -0.1) is 0 Å². The molecular weight excluding hydrogens is 306 g/mol. The van der Waals surface area contributed by atoms with Crippen molar-refractivity contribution in [1.29, 1.82) is 0 Å². The molecule has 1 amide bonds. The number of amides is 1. The first-order valence-corrected chi connectivity index (χ1v) is 8.58. The first-order chi connectivity index (χ1) is 11.6. The van der Waals surface area contributed by atoms with Gasteiger partial charge in [0, 0.05) is 38.8 Å². The molecule has 8 heteroatoms. The van der Waals surface area contributed by atoms with Crippen LogP contribution in [0.5, 0.6) is 0 Å². The van der Waals surface area contributed by atoms with Crippen LogP contribution in [0.1, 0.15) is 20.3 Å². The second-order valence-corrected chi connectivity index (χ2v) is 6.75. The molecule has 24 heavy (non-hydrogen) atoms. The van der Waals surface area contributed by atoms with Gasteiger partial charge in [0.15, 0.2) is 11.5 Å². The number of aromatic nitrogens is 4. The maximum Gasteiger partial charge on any atom is 0.240 e. The minimum atomic E-state index is 0.0508. The molecule has 2 aliphatic rings. The molecule has 2 aromatic rings. The van der Waals surface area contributed by atoms with Crippen LogP contribution in [-0.2, 0) is 4.79 Å². The Morgan fingerprint density at radius 2 is 1.92 bits per heavy atom. The average Bonchev–Trinajstić information content (AvgIpc) is 3.21. The van der Waals surface area contributed by atoms with E-state index in [9.17, 15) is 4.79 Å². The van der Waals surface area contributed by atoms with Crippen molar-refractivity contribution in [3.8, 4) is 0 Å². The van der Waals surface area contributed by atoms with Gasteiger partial charge in [-0.3, -0.25) is 14.7 Å². The molecule has 2 aromatic heterocycles. The van der Waals surface area contributed by atoms with Crippen LogP contribution in [0.3, 0.4) is 0 Å². The van der Waals surface area contributed by atoms with Crippen molar-refractivity contribution in [1.82, 2.24) is 29.4 Å². The van der Waals surface area contributed by atoms with E-state index in [1.54, 1.807) is 12.5 Å². The summed E-state index contributed by atoms with van der Waals surface area (Å²) >= 11 is 0. The van der Waals surface area contributed by atoms with Gasteiger partial charge < -0.3 is 9.80 Å². The molecule has 2 fully saturated rings. The predicted molar refractivity (Wildman–Crippen MR) is 89.8 cm³/mol. The van der Waals surface area contributed by atoms with Gasteiger partial charge in [-0.05, 0) is 20.3 Å². The van der Waals surface area contributed by atoms with Crippen molar-refractivity contribution in [3.05, 3.63) is 18.7 Å². The summed E-state index contributed by atoms with van der Waals surface area (Å²) in [6, 6.07) is 0.342. The van der Waals surface area contributed by atoms with Crippen LogP contribution < -0.4 is 4.90 Å². The molecular formula is C16H23N7O. The second kappa shape index (κ2) is 6.01. The summed E-state index contributed by atoms with van der Waals surface area (Å²) in [5.41, 5.74) is 0.758. The quantitative estimate of drug-likeness (QED) is 0.804. The summed E-state index contributed by atoms with van der Waals surface area (Å²) in [6.45, 7) is 8.55. The number of fused-ring (bicyclic) bond motifs is 1. The molecule has 0 aliphatic carbocycles. The molecule has 0 bridgehead atoms. The first kappa shape index (κ1) is 15.3. The molecule has 4 rings (SSSR count). The summed E-state index contributed by atoms with van der Waals surface area (Å²) < 4.78 is 1.82. The number of piperazine rings is 1. The van der Waals surface area contributed by atoms with E-state index in [2.05, 4.69) is 38.7 Å². The topological polar surface area (TPSA) is 69.9 Å². The fourth-order valence-corrected chi connectivity index (χ4v) is 3.76. The van der Waals surface area contributed by atoms with Crippen LogP contribution in [0.4, 0.5) is 5.82 Å². The smallest absolute Gasteiger partial charge is 0.240 e. The van der Waals surface area contributed by atoms with Gasteiger partial charge in [0.05, 0.1) is 18.4 Å². The van der Waals surface area contributed by atoms with Gasteiger partial charge in [-0.2, -0.15) is 9.61 Å². The second-order valence-electron chi connectivity index (χ2n) is 6.75. The van der Waals surface area contributed by atoms with Gasteiger partial charge >= 0.3 is 0 Å². The van der Waals surface area contributed by atoms with E-state index in [0.717, 1.165) is 50.6 Å². The van der Waals surface area contributed by atoms with Crippen LogP contribution >= 0.6 is 0 Å². The van der Waals surface area contributed by atoms with Crippen LogP contribution in [0.25, 0.3) is 5.65 Å². The standard InChI is InChI=1S/C16H23N7O/c1-12(2)22-4-3-13(16(22)24)20-5-7-21(8-6-20)15-10-17-9-14-18-11-19-23(14)15/h9-13H,3-8H2,1-2H3/t13-/m0/s1. The van der Waals surface area contributed by atoms with Gasteiger partial charge in [-0.1, -0.05) is 0 Å². The molecule has 0 spiro atoms. The van der Waals surface area contributed by atoms with Crippen molar-refractivity contribution >= 4 is 17.4 Å². The Labute approximate surface area is 141 Å². The van der Waals surface area contributed by atoms with Gasteiger partial charge in [0.25, 0.3) is 0 Å². The summed E-state index contributed by atoms with van der Waals surface area (Å²) in [4.78, 5) is 27.6. The normalized spacial score (nSPS) is 23.0. The number of hydrogen-bond acceptors (Lipinski definition) is 6. The fraction of sp³-hybridized carbons (Fsp3) is 0.625. The summed E-state index contributed by atoms with van der Waals surface area (Å²) in [5, 5.41) is 4.28. The zero-order valence-corrected chi connectivity index (χ0v) is 14.2. The molecule has 8 nitrogen and oxygen atoms in total. The SMILES string of the molecule is CC(C)N1CC[C@H](N2CCN(c3cncc4ncnn34)CC2)C1=O. The lowest BCUT2D eigenvalue weighted by Gasteiger charge is -2.38. The Balaban J connectivity index is 1.44. The highest BCUT2D eigenvalue weighted by molar-refractivity contribution is 5.84. The number of carbonyl (C=O) groups is 1. The third-order valence-corrected chi connectivity index (χ3v) is 5.09. The highest BCUT2D eigenvalue weighted by atomic mass is 16.2. The molecule has 0 aromatic carbocycles. The summed E-state index contributed by atoms with van der Waals surface area (Å²) in [5.74, 6) is 1.25. The lowest BCUT2D eigenvalue weighted by molar-refractivity contribution is -0.133. The van der Waals surface area contributed by atoms with Crippen LogP contribution in [0.2, 0.25) is 0 Å². The number of carbonyl (C=O) groups excluding carboxylic acids is 1. The third kappa shape index (κ3) is 2.50. The maximum atomic E-state index is 12.6. The molecule has 4 heterocycles.